The SMILES string of the molecule is Cc1ccc2c(O)c(B(O)O)sc2c1. The number of hydrogen-bond donors (Lipinski definition) is 3. The van der Waals surface area contributed by atoms with E-state index in [2.05, 4.69) is 0 Å². The molecule has 0 aliphatic carbocycles. The van der Waals surface area contributed by atoms with Crippen LogP contribution in [0.25, 0.3) is 10.1 Å². The summed E-state index contributed by atoms with van der Waals surface area (Å²) in [7, 11) is -1.60. The van der Waals surface area contributed by atoms with E-state index in [1.54, 1.807) is 6.07 Å². The Balaban J connectivity index is 2.73. The lowest BCUT2D eigenvalue weighted by Crippen LogP contribution is -2.26. The molecule has 2 rings (SSSR count). The highest BCUT2D eigenvalue weighted by molar-refractivity contribution is 7.28. The summed E-state index contributed by atoms with van der Waals surface area (Å²) in [4.78, 5) is 0. The Morgan fingerprint density at radius 2 is 2.00 bits per heavy atom. The van der Waals surface area contributed by atoms with Gasteiger partial charge in [0.25, 0.3) is 0 Å². The van der Waals surface area contributed by atoms with Crippen LogP contribution in [0.1, 0.15) is 5.56 Å². The number of aryl methyl sites for hydroxylation is 1. The Hall–Kier alpha value is -1.04. The van der Waals surface area contributed by atoms with Crippen LogP contribution in [0.4, 0.5) is 0 Å². The Kier molecular flexibility index (Phi) is 2.22. The van der Waals surface area contributed by atoms with Crippen LogP contribution in [0.3, 0.4) is 0 Å². The van der Waals surface area contributed by atoms with Gasteiger partial charge in [0.15, 0.2) is 0 Å². The molecule has 2 aromatic rings. The van der Waals surface area contributed by atoms with Gasteiger partial charge in [0.2, 0.25) is 0 Å². The average Bonchev–Trinajstić information content (AvgIpc) is 2.43. The van der Waals surface area contributed by atoms with E-state index in [1.165, 1.54) is 11.3 Å². The molecule has 0 aliphatic rings. The third kappa shape index (κ3) is 1.39. The van der Waals surface area contributed by atoms with E-state index < -0.39 is 7.12 Å². The Bertz CT molecular complexity index is 478. The van der Waals surface area contributed by atoms with Crippen molar-refractivity contribution in [1.82, 2.24) is 0 Å². The predicted molar refractivity (Wildman–Crippen MR) is 58.1 cm³/mol. The second-order valence-corrected chi connectivity index (χ2v) is 4.27. The highest BCUT2D eigenvalue weighted by Crippen LogP contribution is 2.29. The maximum absolute atomic E-state index is 9.64. The van der Waals surface area contributed by atoms with Gasteiger partial charge in [-0.1, -0.05) is 6.07 Å². The lowest BCUT2D eigenvalue weighted by Gasteiger charge is -1.94. The van der Waals surface area contributed by atoms with Gasteiger partial charge in [-0.3, -0.25) is 0 Å². The molecule has 0 atom stereocenters. The number of rotatable bonds is 1. The largest absolute Gasteiger partial charge is 0.507 e. The molecule has 14 heavy (non-hydrogen) atoms. The molecule has 0 saturated carbocycles. The molecule has 0 saturated heterocycles. The zero-order chi connectivity index (χ0) is 10.3. The van der Waals surface area contributed by atoms with Gasteiger partial charge in [-0.2, -0.15) is 0 Å². The lowest BCUT2D eigenvalue weighted by molar-refractivity contribution is 0.422. The molecule has 0 aliphatic heterocycles. The minimum Gasteiger partial charge on any atom is -0.507 e. The number of benzene rings is 1. The summed E-state index contributed by atoms with van der Waals surface area (Å²) in [5.41, 5.74) is 1.08. The summed E-state index contributed by atoms with van der Waals surface area (Å²) in [6, 6.07) is 5.57. The van der Waals surface area contributed by atoms with Crippen LogP contribution in [0.5, 0.6) is 5.75 Å². The van der Waals surface area contributed by atoms with Crippen molar-refractivity contribution >= 4 is 33.3 Å². The van der Waals surface area contributed by atoms with Crippen LogP contribution in [0.2, 0.25) is 0 Å². The smallest absolute Gasteiger partial charge is 0.502 e. The highest BCUT2D eigenvalue weighted by atomic mass is 32.1. The first-order valence-corrected chi connectivity index (χ1v) is 4.99. The average molecular weight is 208 g/mol. The fourth-order valence-electron chi connectivity index (χ4n) is 1.38. The van der Waals surface area contributed by atoms with E-state index in [-0.39, 0.29) is 10.5 Å². The van der Waals surface area contributed by atoms with Crippen molar-refractivity contribution in [2.24, 2.45) is 0 Å². The van der Waals surface area contributed by atoms with Crippen molar-refractivity contribution in [3.8, 4) is 5.75 Å². The lowest BCUT2D eigenvalue weighted by atomic mass is 9.88. The Morgan fingerprint density at radius 1 is 1.29 bits per heavy atom. The van der Waals surface area contributed by atoms with E-state index in [1.807, 2.05) is 19.1 Å². The molecule has 1 aromatic heterocycles. The third-order valence-electron chi connectivity index (χ3n) is 2.08. The van der Waals surface area contributed by atoms with Crippen LogP contribution in [0.15, 0.2) is 18.2 Å². The summed E-state index contributed by atoms with van der Waals surface area (Å²) in [6.07, 6.45) is 0. The van der Waals surface area contributed by atoms with Crippen LogP contribution in [0, 0.1) is 6.92 Å². The summed E-state index contributed by atoms with van der Waals surface area (Å²) in [5.74, 6) is -0.0278. The molecule has 1 heterocycles. The first-order chi connectivity index (χ1) is 6.59. The first kappa shape index (κ1) is 9.52. The summed E-state index contributed by atoms with van der Waals surface area (Å²) >= 11 is 1.20. The molecule has 0 fully saturated rings. The zero-order valence-electron chi connectivity index (χ0n) is 7.56. The predicted octanol–water partition coefficient (Wildman–Crippen LogP) is 0.595. The van der Waals surface area contributed by atoms with Crippen molar-refractivity contribution in [1.29, 1.82) is 0 Å². The number of hydrogen-bond acceptors (Lipinski definition) is 4. The van der Waals surface area contributed by atoms with E-state index in [9.17, 15) is 5.11 Å². The molecule has 3 N–H and O–H groups in total. The second-order valence-electron chi connectivity index (χ2n) is 3.19. The van der Waals surface area contributed by atoms with E-state index in [0.29, 0.717) is 5.39 Å². The van der Waals surface area contributed by atoms with Gasteiger partial charge in [0.05, 0.1) is 4.78 Å². The third-order valence-corrected chi connectivity index (χ3v) is 3.26. The van der Waals surface area contributed by atoms with E-state index in [4.69, 9.17) is 10.0 Å². The molecule has 0 amide bonds. The second kappa shape index (κ2) is 3.27. The van der Waals surface area contributed by atoms with Gasteiger partial charge >= 0.3 is 7.12 Å². The van der Waals surface area contributed by atoms with Crippen molar-refractivity contribution in [2.45, 2.75) is 6.92 Å². The molecule has 0 spiro atoms. The molecular formula is C9H9BO3S. The molecule has 0 radical (unpaired) electrons. The minimum absolute atomic E-state index is 0.0278. The van der Waals surface area contributed by atoms with Crippen LogP contribution in [-0.2, 0) is 0 Å². The van der Waals surface area contributed by atoms with Gasteiger partial charge in [0, 0.05) is 10.1 Å². The molecule has 0 bridgehead atoms. The molecule has 3 nitrogen and oxygen atoms in total. The number of aromatic hydroxyl groups is 1. The number of thiophene rings is 1. The van der Waals surface area contributed by atoms with Gasteiger partial charge in [-0.15, -0.1) is 11.3 Å². The van der Waals surface area contributed by atoms with Crippen LogP contribution < -0.4 is 4.78 Å². The van der Waals surface area contributed by atoms with Crippen molar-refractivity contribution in [3.05, 3.63) is 23.8 Å². The maximum atomic E-state index is 9.64. The zero-order valence-corrected chi connectivity index (χ0v) is 8.38. The Labute approximate surface area is 85.4 Å². The minimum atomic E-state index is -1.60. The molecule has 1 aromatic carbocycles. The maximum Gasteiger partial charge on any atom is 0.502 e. The van der Waals surface area contributed by atoms with E-state index in [0.717, 1.165) is 10.3 Å². The van der Waals surface area contributed by atoms with Gasteiger partial charge in [0.1, 0.15) is 5.75 Å². The van der Waals surface area contributed by atoms with Crippen molar-refractivity contribution in [3.63, 3.8) is 0 Å². The van der Waals surface area contributed by atoms with E-state index >= 15 is 0 Å². The monoisotopic (exact) mass is 208 g/mol. The quantitative estimate of drug-likeness (QED) is 0.601. The number of fused-ring (bicyclic) bond motifs is 1. The topological polar surface area (TPSA) is 60.7 Å². The molecule has 72 valence electrons. The van der Waals surface area contributed by atoms with Crippen LogP contribution >= 0.6 is 11.3 Å². The van der Waals surface area contributed by atoms with Gasteiger partial charge in [-0.05, 0) is 24.6 Å². The van der Waals surface area contributed by atoms with Crippen molar-refractivity contribution in [2.75, 3.05) is 0 Å². The summed E-state index contributed by atoms with van der Waals surface area (Å²) in [6.45, 7) is 1.95. The van der Waals surface area contributed by atoms with Crippen LogP contribution in [-0.4, -0.2) is 22.3 Å². The summed E-state index contributed by atoms with van der Waals surface area (Å²) in [5, 5.41) is 28.3. The first-order valence-electron chi connectivity index (χ1n) is 4.17. The van der Waals surface area contributed by atoms with Crippen molar-refractivity contribution < 1.29 is 15.2 Å². The summed E-state index contributed by atoms with van der Waals surface area (Å²) < 4.78 is 1.07. The van der Waals surface area contributed by atoms with Gasteiger partial charge in [-0.25, -0.2) is 0 Å². The highest BCUT2D eigenvalue weighted by Gasteiger charge is 2.21. The fraction of sp³-hybridized carbons (Fsp3) is 0.111. The van der Waals surface area contributed by atoms with Gasteiger partial charge < -0.3 is 15.2 Å². The molecule has 5 heteroatoms. The molecule has 0 unspecified atom stereocenters. The normalized spacial score (nSPS) is 10.8. The fourth-order valence-corrected chi connectivity index (χ4v) is 2.45. The molecular weight excluding hydrogens is 199 g/mol. The standard InChI is InChI=1S/C9H9BO3S/c1-5-2-3-6-7(4-5)14-9(8(6)11)10(12)13/h2-4,11-13H,1H3. The Morgan fingerprint density at radius 3 is 2.64 bits per heavy atom.